The molecule has 24 heavy (non-hydrogen) atoms. The number of amides is 1. The number of carbonyl (C=O) groups is 2. The van der Waals surface area contributed by atoms with Gasteiger partial charge in [-0.25, -0.2) is 4.79 Å². The third-order valence-electron chi connectivity index (χ3n) is 4.76. The number of hydrogen-bond donors (Lipinski definition) is 1. The van der Waals surface area contributed by atoms with Gasteiger partial charge in [-0.2, -0.15) is 0 Å². The highest BCUT2D eigenvalue weighted by atomic mass is 16.6. The molecule has 0 radical (unpaired) electrons. The lowest BCUT2D eigenvalue weighted by molar-refractivity contribution is -0.159. The standard InChI is InChI=1S/C17H19NO6/c19-16(18-3-4-22-15(9-18)17(20)21)12-8-11(12)10-1-2-13-14(7-10)24-6-5-23-13/h1-2,7,11-12,15H,3-6,8-9H2,(H,20,21). The highest BCUT2D eigenvalue weighted by Crippen LogP contribution is 2.50. The minimum Gasteiger partial charge on any atom is -0.486 e. The highest BCUT2D eigenvalue weighted by molar-refractivity contribution is 5.84. The molecule has 2 aliphatic heterocycles. The van der Waals surface area contributed by atoms with Crippen LogP contribution in [-0.4, -0.2) is 60.9 Å². The molecule has 4 rings (SSSR count). The number of hydrogen-bond acceptors (Lipinski definition) is 5. The molecule has 128 valence electrons. The summed E-state index contributed by atoms with van der Waals surface area (Å²) < 4.78 is 16.3. The summed E-state index contributed by atoms with van der Waals surface area (Å²) in [5.74, 6) is 0.552. The quantitative estimate of drug-likeness (QED) is 0.884. The lowest BCUT2D eigenvalue weighted by Crippen LogP contribution is -2.49. The van der Waals surface area contributed by atoms with Crippen LogP contribution in [0.25, 0.3) is 0 Å². The first-order valence-electron chi connectivity index (χ1n) is 8.16. The van der Waals surface area contributed by atoms with Crippen molar-refractivity contribution in [1.82, 2.24) is 4.90 Å². The Hall–Kier alpha value is -2.28. The lowest BCUT2D eigenvalue weighted by Gasteiger charge is -2.31. The fourth-order valence-electron chi connectivity index (χ4n) is 3.36. The minimum absolute atomic E-state index is 0.0180. The van der Waals surface area contributed by atoms with E-state index in [4.69, 9.17) is 19.3 Å². The minimum atomic E-state index is -1.02. The summed E-state index contributed by atoms with van der Waals surface area (Å²) >= 11 is 0. The fourth-order valence-corrected chi connectivity index (χ4v) is 3.36. The summed E-state index contributed by atoms with van der Waals surface area (Å²) in [5, 5.41) is 9.05. The van der Waals surface area contributed by atoms with Gasteiger partial charge in [0.25, 0.3) is 0 Å². The number of carbonyl (C=O) groups excluding carboxylic acids is 1. The van der Waals surface area contributed by atoms with E-state index in [9.17, 15) is 9.59 Å². The van der Waals surface area contributed by atoms with E-state index in [1.807, 2.05) is 18.2 Å². The average molecular weight is 333 g/mol. The monoisotopic (exact) mass is 333 g/mol. The number of nitrogens with zero attached hydrogens (tertiary/aromatic N) is 1. The van der Waals surface area contributed by atoms with Crippen molar-refractivity contribution in [2.45, 2.75) is 18.4 Å². The maximum absolute atomic E-state index is 12.6. The third-order valence-corrected chi connectivity index (χ3v) is 4.76. The number of carboxylic acid groups (broad SMARTS) is 1. The number of fused-ring (bicyclic) bond motifs is 1. The van der Waals surface area contributed by atoms with Crippen LogP contribution >= 0.6 is 0 Å². The van der Waals surface area contributed by atoms with Gasteiger partial charge in [-0.05, 0) is 30.0 Å². The van der Waals surface area contributed by atoms with Crippen molar-refractivity contribution in [2.24, 2.45) is 5.92 Å². The smallest absolute Gasteiger partial charge is 0.334 e. The van der Waals surface area contributed by atoms with Crippen molar-refractivity contribution < 1.29 is 28.9 Å². The first-order valence-corrected chi connectivity index (χ1v) is 8.16. The van der Waals surface area contributed by atoms with Crippen LogP contribution in [0.1, 0.15) is 17.9 Å². The van der Waals surface area contributed by atoms with Gasteiger partial charge in [-0.3, -0.25) is 4.79 Å². The molecule has 2 fully saturated rings. The Kier molecular flexibility index (Phi) is 3.80. The van der Waals surface area contributed by atoms with Crippen molar-refractivity contribution in [3.8, 4) is 11.5 Å². The molecule has 1 N–H and O–H groups in total. The van der Waals surface area contributed by atoms with E-state index in [1.165, 1.54) is 0 Å². The molecule has 0 aromatic heterocycles. The maximum Gasteiger partial charge on any atom is 0.334 e. The lowest BCUT2D eigenvalue weighted by atomic mass is 10.1. The zero-order valence-corrected chi connectivity index (χ0v) is 13.1. The largest absolute Gasteiger partial charge is 0.486 e. The molecular formula is C17H19NO6. The summed E-state index contributed by atoms with van der Waals surface area (Å²) in [6.45, 7) is 1.93. The van der Waals surface area contributed by atoms with Gasteiger partial charge in [0.2, 0.25) is 5.91 Å². The maximum atomic E-state index is 12.6. The third kappa shape index (κ3) is 2.80. The number of morpholine rings is 1. The van der Waals surface area contributed by atoms with Crippen LogP contribution in [0.5, 0.6) is 11.5 Å². The predicted molar refractivity (Wildman–Crippen MR) is 82.2 cm³/mol. The van der Waals surface area contributed by atoms with Gasteiger partial charge < -0.3 is 24.2 Å². The number of carboxylic acids is 1. The summed E-state index contributed by atoms with van der Waals surface area (Å²) in [6, 6.07) is 5.81. The zero-order valence-electron chi connectivity index (χ0n) is 13.1. The van der Waals surface area contributed by atoms with Gasteiger partial charge in [-0.15, -0.1) is 0 Å². The molecule has 1 aromatic carbocycles. The van der Waals surface area contributed by atoms with E-state index >= 15 is 0 Å². The first kappa shape index (κ1) is 15.3. The Morgan fingerprint density at radius 2 is 1.92 bits per heavy atom. The molecular weight excluding hydrogens is 314 g/mol. The van der Waals surface area contributed by atoms with Crippen LogP contribution < -0.4 is 9.47 Å². The number of rotatable bonds is 3. The molecule has 0 spiro atoms. The number of aliphatic carboxylic acids is 1. The molecule has 3 aliphatic rings. The van der Waals surface area contributed by atoms with Crippen molar-refractivity contribution >= 4 is 11.9 Å². The van der Waals surface area contributed by atoms with Gasteiger partial charge in [0.05, 0.1) is 13.2 Å². The molecule has 3 atom stereocenters. The van der Waals surface area contributed by atoms with Crippen molar-refractivity contribution in [2.75, 3.05) is 32.9 Å². The molecule has 1 aromatic rings. The summed E-state index contributed by atoms with van der Waals surface area (Å²) in [4.78, 5) is 25.3. The van der Waals surface area contributed by atoms with E-state index < -0.39 is 12.1 Å². The molecule has 1 amide bonds. The van der Waals surface area contributed by atoms with Crippen molar-refractivity contribution in [3.63, 3.8) is 0 Å². The SMILES string of the molecule is O=C(O)C1CN(C(=O)C2CC2c2ccc3c(c2)OCCO3)CCO1. The second-order valence-electron chi connectivity index (χ2n) is 6.33. The second-order valence-corrected chi connectivity index (χ2v) is 6.33. The van der Waals surface area contributed by atoms with E-state index in [0.29, 0.717) is 19.8 Å². The molecule has 3 unspecified atom stereocenters. The van der Waals surface area contributed by atoms with Gasteiger partial charge in [0.1, 0.15) is 13.2 Å². The molecule has 0 bridgehead atoms. The van der Waals surface area contributed by atoms with Gasteiger partial charge in [0, 0.05) is 12.5 Å². The van der Waals surface area contributed by atoms with Crippen molar-refractivity contribution in [3.05, 3.63) is 23.8 Å². The van der Waals surface area contributed by atoms with Crippen LogP contribution in [0.15, 0.2) is 18.2 Å². The normalized spacial score (nSPS) is 28.3. The molecule has 1 saturated heterocycles. The number of ether oxygens (including phenoxy) is 3. The second kappa shape index (κ2) is 5.98. The summed E-state index contributed by atoms with van der Waals surface area (Å²) in [5.41, 5.74) is 1.07. The molecule has 7 heteroatoms. The van der Waals surface area contributed by atoms with Crippen LogP contribution in [0.4, 0.5) is 0 Å². The summed E-state index contributed by atoms with van der Waals surface area (Å²) in [7, 11) is 0. The van der Waals surface area contributed by atoms with Gasteiger partial charge in [0.15, 0.2) is 17.6 Å². The molecule has 1 aliphatic carbocycles. The first-order chi connectivity index (χ1) is 11.6. The highest BCUT2D eigenvalue weighted by Gasteiger charge is 2.47. The Morgan fingerprint density at radius 3 is 2.71 bits per heavy atom. The average Bonchev–Trinajstić information content (AvgIpc) is 3.41. The fraction of sp³-hybridized carbons (Fsp3) is 0.529. The Morgan fingerprint density at radius 1 is 1.12 bits per heavy atom. The van der Waals surface area contributed by atoms with Crippen LogP contribution in [-0.2, 0) is 14.3 Å². The Labute approximate surface area is 139 Å². The molecule has 7 nitrogen and oxygen atoms in total. The van der Waals surface area contributed by atoms with Crippen LogP contribution in [0.3, 0.4) is 0 Å². The number of benzene rings is 1. The van der Waals surface area contributed by atoms with E-state index in [0.717, 1.165) is 23.5 Å². The molecule has 2 heterocycles. The molecule has 1 saturated carbocycles. The zero-order chi connectivity index (χ0) is 16.7. The van der Waals surface area contributed by atoms with Crippen LogP contribution in [0, 0.1) is 5.92 Å². The Bertz CT molecular complexity index is 675. The summed E-state index contributed by atoms with van der Waals surface area (Å²) in [6.07, 6.45) is -0.137. The Balaban J connectivity index is 1.42. The van der Waals surface area contributed by atoms with Gasteiger partial charge in [-0.1, -0.05) is 6.07 Å². The van der Waals surface area contributed by atoms with E-state index in [1.54, 1.807) is 4.90 Å². The van der Waals surface area contributed by atoms with Crippen LogP contribution in [0.2, 0.25) is 0 Å². The topological polar surface area (TPSA) is 85.3 Å². The van der Waals surface area contributed by atoms with Crippen molar-refractivity contribution in [1.29, 1.82) is 0 Å². The van der Waals surface area contributed by atoms with Gasteiger partial charge >= 0.3 is 5.97 Å². The van der Waals surface area contributed by atoms with E-state index in [2.05, 4.69) is 0 Å². The van der Waals surface area contributed by atoms with E-state index in [-0.39, 0.29) is 30.9 Å². The predicted octanol–water partition coefficient (Wildman–Crippen LogP) is 0.873.